The van der Waals surface area contributed by atoms with Gasteiger partial charge in [0.1, 0.15) is 0 Å². The number of aromatic nitrogens is 4. The van der Waals surface area contributed by atoms with E-state index < -0.39 is 0 Å². The highest BCUT2D eigenvalue weighted by Crippen LogP contribution is 2.23. The van der Waals surface area contributed by atoms with E-state index in [4.69, 9.17) is 0 Å². The summed E-state index contributed by atoms with van der Waals surface area (Å²) in [7, 11) is 0. The summed E-state index contributed by atoms with van der Waals surface area (Å²) in [4.78, 5) is 2.40. The van der Waals surface area contributed by atoms with Crippen molar-refractivity contribution in [3.8, 4) is 0 Å². The molecule has 0 amide bonds. The monoisotopic (exact) mass is 391 g/mol. The molecule has 0 aliphatic heterocycles. The zero-order valence-electron chi connectivity index (χ0n) is 18.6. The van der Waals surface area contributed by atoms with Gasteiger partial charge in [-0.15, -0.1) is 5.10 Å². The molecule has 0 radical (unpaired) electrons. The molecule has 154 valence electrons. The molecule has 5 heteroatoms. The summed E-state index contributed by atoms with van der Waals surface area (Å²) in [5.74, 6) is 0.889. The van der Waals surface area contributed by atoms with Gasteiger partial charge in [0.05, 0.1) is 12.1 Å². The second-order valence-corrected chi connectivity index (χ2v) is 9.76. The van der Waals surface area contributed by atoms with Crippen molar-refractivity contribution in [1.82, 2.24) is 25.1 Å². The number of hydrogen-bond acceptors (Lipinski definition) is 4. The largest absolute Gasteiger partial charge is 0.287 e. The van der Waals surface area contributed by atoms with Crippen LogP contribution in [0.3, 0.4) is 0 Å². The van der Waals surface area contributed by atoms with E-state index in [1.807, 2.05) is 4.68 Å². The van der Waals surface area contributed by atoms with Crippen molar-refractivity contribution in [3.05, 3.63) is 77.1 Å². The molecule has 0 N–H and O–H groups in total. The lowest BCUT2D eigenvalue weighted by molar-refractivity contribution is 0.224. The van der Waals surface area contributed by atoms with Gasteiger partial charge in [0.25, 0.3) is 0 Å². The van der Waals surface area contributed by atoms with E-state index in [1.165, 1.54) is 16.7 Å². The van der Waals surface area contributed by atoms with E-state index >= 15 is 0 Å². The van der Waals surface area contributed by atoms with Gasteiger partial charge in [-0.3, -0.25) is 4.90 Å². The van der Waals surface area contributed by atoms with Gasteiger partial charge in [0, 0.05) is 13.1 Å². The van der Waals surface area contributed by atoms with Gasteiger partial charge in [-0.25, -0.2) is 4.68 Å². The zero-order valence-corrected chi connectivity index (χ0v) is 18.6. The maximum Gasteiger partial charge on any atom is 0.165 e. The molecular weight excluding hydrogens is 358 g/mol. The van der Waals surface area contributed by atoms with Crippen LogP contribution in [-0.2, 0) is 30.6 Å². The summed E-state index contributed by atoms with van der Waals surface area (Å²) in [6, 6.07) is 19.5. The summed E-state index contributed by atoms with van der Waals surface area (Å²) in [5.41, 5.74) is 3.95. The molecule has 0 saturated heterocycles. The molecule has 3 rings (SSSR count). The van der Waals surface area contributed by atoms with Crippen LogP contribution in [0.2, 0.25) is 0 Å². The number of nitrogens with zero attached hydrogens (tertiary/aromatic N) is 5. The highest BCUT2D eigenvalue weighted by molar-refractivity contribution is 5.27. The molecule has 0 bridgehead atoms. The third-order valence-electron chi connectivity index (χ3n) is 5.01. The van der Waals surface area contributed by atoms with E-state index in [0.717, 1.165) is 18.9 Å². The van der Waals surface area contributed by atoms with E-state index in [0.29, 0.717) is 6.54 Å². The van der Waals surface area contributed by atoms with Crippen molar-refractivity contribution < 1.29 is 0 Å². The number of hydrogen-bond donors (Lipinski definition) is 0. The van der Waals surface area contributed by atoms with Crippen molar-refractivity contribution in [2.24, 2.45) is 0 Å². The molecule has 0 unspecified atom stereocenters. The molecule has 0 fully saturated rings. The molecule has 0 atom stereocenters. The molecule has 5 nitrogen and oxygen atoms in total. The van der Waals surface area contributed by atoms with Gasteiger partial charge in [0.15, 0.2) is 5.82 Å². The van der Waals surface area contributed by atoms with Crippen LogP contribution < -0.4 is 0 Å². The van der Waals surface area contributed by atoms with Crippen LogP contribution in [-0.4, -0.2) is 25.1 Å². The molecule has 1 heterocycles. The van der Waals surface area contributed by atoms with Crippen molar-refractivity contribution in [2.75, 3.05) is 0 Å². The second kappa shape index (κ2) is 8.46. The zero-order chi connectivity index (χ0) is 21.1. The molecule has 0 aliphatic rings. The normalized spacial score (nSPS) is 12.5. The van der Waals surface area contributed by atoms with Crippen LogP contribution in [0.15, 0.2) is 54.6 Å². The summed E-state index contributed by atoms with van der Waals surface area (Å²) in [6.45, 7) is 15.5. The molecule has 1 aromatic heterocycles. The Labute approximate surface area is 174 Å². The summed E-state index contributed by atoms with van der Waals surface area (Å²) >= 11 is 0. The maximum atomic E-state index is 4.31. The Hall–Kier alpha value is -2.53. The third-order valence-corrected chi connectivity index (χ3v) is 5.01. The minimum absolute atomic E-state index is 0.147. The molecule has 3 aromatic rings. The SMILES string of the molecule is CC(C)(C)c1ccc(CN(Cc2ccccc2)Cc2nnnn2C(C)(C)C)cc1. The first kappa shape index (κ1) is 21.2. The standard InChI is InChI=1S/C24H33N5/c1-23(2,3)21-14-12-20(13-15-21)17-28(16-19-10-8-7-9-11-19)18-22-25-26-27-29(22)24(4,5)6/h7-15H,16-18H2,1-6H3. The first-order valence-electron chi connectivity index (χ1n) is 10.3. The first-order valence-corrected chi connectivity index (χ1v) is 10.3. The lowest BCUT2D eigenvalue weighted by Gasteiger charge is -2.25. The maximum absolute atomic E-state index is 4.31. The third kappa shape index (κ3) is 5.73. The number of tetrazole rings is 1. The van der Waals surface area contributed by atoms with Crippen LogP contribution in [0.1, 0.15) is 64.1 Å². The molecule has 29 heavy (non-hydrogen) atoms. The Balaban J connectivity index is 1.83. The average Bonchev–Trinajstić information content (AvgIpc) is 3.11. The second-order valence-electron chi connectivity index (χ2n) is 9.76. The predicted molar refractivity (Wildman–Crippen MR) is 117 cm³/mol. The number of benzene rings is 2. The fraction of sp³-hybridized carbons (Fsp3) is 0.458. The minimum Gasteiger partial charge on any atom is -0.287 e. The Bertz CT molecular complexity index is 899. The molecular formula is C24H33N5. The van der Waals surface area contributed by atoms with Crippen LogP contribution in [0.4, 0.5) is 0 Å². The fourth-order valence-corrected chi connectivity index (χ4v) is 3.40. The lowest BCUT2D eigenvalue weighted by Crippen LogP contribution is -2.30. The van der Waals surface area contributed by atoms with E-state index in [1.54, 1.807) is 0 Å². The van der Waals surface area contributed by atoms with Crippen LogP contribution in [0, 0.1) is 0 Å². The molecule has 0 spiro atoms. The summed E-state index contributed by atoms with van der Waals surface area (Å²) < 4.78 is 1.92. The highest BCUT2D eigenvalue weighted by atomic mass is 15.6. The van der Waals surface area contributed by atoms with Crippen molar-refractivity contribution in [2.45, 2.75) is 72.1 Å². The van der Waals surface area contributed by atoms with Crippen molar-refractivity contribution in [3.63, 3.8) is 0 Å². The van der Waals surface area contributed by atoms with Crippen molar-refractivity contribution in [1.29, 1.82) is 0 Å². The van der Waals surface area contributed by atoms with Crippen LogP contribution >= 0.6 is 0 Å². The Morgan fingerprint density at radius 1 is 0.759 bits per heavy atom. The summed E-state index contributed by atoms with van der Waals surface area (Å²) in [6.07, 6.45) is 0. The van der Waals surface area contributed by atoms with E-state index in [-0.39, 0.29) is 11.0 Å². The Morgan fingerprint density at radius 2 is 1.34 bits per heavy atom. The molecule has 0 aliphatic carbocycles. The highest BCUT2D eigenvalue weighted by Gasteiger charge is 2.22. The number of rotatable bonds is 6. The summed E-state index contributed by atoms with van der Waals surface area (Å²) in [5, 5.41) is 12.5. The van der Waals surface area contributed by atoms with Crippen molar-refractivity contribution >= 4 is 0 Å². The fourth-order valence-electron chi connectivity index (χ4n) is 3.40. The van der Waals surface area contributed by atoms with E-state index in [9.17, 15) is 0 Å². The topological polar surface area (TPSA) is 46.8 Å². The van der Waals surface area contributed by atoms with Gasteiger partial charge in [-0.05, 0) is 53.3 Å². The lowest BCUT2D eigenvalue weighted by atomic mass is 9.87. The van der Waals surface area contributed by atoms with Gasteiger partial charge in [-0.2, -0.15) is 0 Å². The minimum atomic E-state index is -0.147. The van der Waals surface area contributed by atoms with Gasteiger partial charge < -0.3 is 0 Å². The first-order chi connectivity index (χ1) is 13.6. The smallest absolute Gasteiger partial charge is 0.165 e. The molecule has 0 saturated carbocycles. The van der Waals surface area contributed by atoms with Gasteiger partial charge in [-0.1, -0.05) is 75.4 Å². The quantitative estimate of drug-likeness (QED) is 0.598. The van der Waals surface area contributed by atoms with E-state index in [2.05, 4.69) is 117 Å². The Morgan fingerprint density at radius 3 is 1.90 bits per heavy atom. The predicted octanol–water partition coefficient (Wildman–Crippen LogP) is 4.93. The van der Waals surface area contributed by atoms with Crippen LogP contribution in [0.5, 0.6) is 0 Å². The van der Waals surface area contributed by atoms with Gasteiger partial charge >= 0.3 is 0 Å². The molecule has 2 aromatic carbocycles. The Kier molecular flexibility index (Phi) is 6.18. The average molecular weight is 392 g/mol. The van der Waals surface area contributed by atoms with Crippen LogP contribution in [0.25, 0.3) is 0 Å². The van der Waals surface area contributed by atoms with Gasteiger partial charge in [0.2, 0.25) is 0 Å².